The second-order valence-electron chi connectivity index (χ2n) is 4.89. The third kappa shape index (κ3) is 4.42. The van der Waals surface area contributed by atoms with Gasteiger partial charge in [0, 0.05) is 25.2 Å². The number of furan rings is 1. The van der Waals surface area contributed by atoms with E-state index in [9.17, 15) is 8.42 Å². The van der Waals surface area contributed by atoms with Crippen LogP contribution < -0.4 is 10.5 Å². The topological polar surface area (TPSA) is 103 Å². The van der Waals surface area contributed by atoms with E-state index in [4.69, 9.17) is 10.2 Å². The van der Waals surface area contributed by atoms with Gasteiger partial charge in [-0.3, -0.25) is 4.68 Å². The van der Waals surface area contributed by atoms with Gasteiger partial charge in [-0.1, -0.05) is 0 Å². The molecule has 116 valence electrons. The minimum absolute atomic E-state index is 0.158. The molecule has 7 nitrogen and oxygen atoms in total. The number of hydrogen-bond donors (Lipinski definition) is 2. The minimum atomic E-state index is -3.57. The first-order valence-electron chi connectivity index (χ1n) is 6.78. The third-order valence-corrected chi connectivity index (χ3v) is 4.50. The Bertz CT molecular complexity index is 649. The first kappa shape index (κ1) is 15.7. The van der Waals surface area contributed by atoms with Crippen LogP contribution in [0.25, 0.3) is 0 Å². The highest BCUT2D eigenvalue weighted by molar-refractivity contribution is 7.89. The Balaban J connectivity index is 1.98. The van der Waals surface area contributed by atoms with Gasteiger partial charge < -0.3 is 10.2 Å². The summed E-state index contributed by atoms with van der Waals surface area (Å²) < 4.78 is 33.9. The van der Waals surface area contributed by atoms with E-state index in [2.05, 4.69) is 9.82 Å². The lowest BCUT2D eigenvalue weighted by Crippen LogP contribution is -2.33. The molecule has 2 aromatic rings. The van der Waals surface area contributed by atoms with Crippen molar-refractivity contribution >= 4 is 10.0 Å². The molecule has 1 atom stereocenters. The first-order valence-corrected chi connectivity index (χ1v) is 8.27. The van der Waals surface area contributed by atoms with E-state index in [1.54, 1.807) is 23.9 Å². The van der Waals surface area contributed by atoms with Gasteiger partial charge in [0.15, 0.2) is 0 Å². The van der Waals surface area contributed by atoms with Crippen molar-refractivity contribution in [2.45, 2.75) is 37.2 Å². The number of nitrogens with two attached hydrogens (primary N) is 1. The zero-order valence-electron chi connectivity index (χ0n) is 11.9. The number of hydrogen-bond acceptors (Lipinski definition) is 5. The number of nitrogens with one attached hydrogen (secondary N) is 1. The van der Waals surface area contributed by atoms with Crippen LogP contribution in [0.4, 0.5) is 0 Å². The van der Waals surface area contributed by atoms with E-state index in [-0.39, 0.29) is 10.9 Å². The predicted molar refractivity (Wildman–Crippen MR) is 78.1 cm³/mol. The van der Waals surface area contributed by atoms with Gasteiger partial charge in [-0.2, -0.15) is 5.10 Å². The van der Waals surface area contributed by atoms with Crippen molar-refractivity contribution in [2.75, 3.05) is 6.54 Å². The average Bonchev–Trinajstić information content (AvgIpc) is 3.06. The summed E-state index contributed by atoms with van der Waals surface area (Å²) in [6.07, 6.45) is 5.67. The summed E-state index contributed by atoms with van der Waals surface area (Å²) in [4.78, 5) is 0.158. The Morgan fingerprint density at radius 1 is 1.52 bits per heavy atom. The highest BCUT2D eigenvalue weighted by atomic mass is 32.2. The van der Waals surface area contributed by atoms with Crippen molar-refractivity contribution in [2.24, 2.45) is 5.73 Å². The van der Waals surface area contributed by atoms with E-state index in [1.807, 2.05) is 6.07 Å². The Morgan fingerprint density at radius 3 is 3.00 bits per heavy atom. The van der Waals surface area contributed by atoms with Gasteiger partial charge in [0.2, 0.25) is 10.0 Å². The normalized spacial score (nSPS) is 13.4. The van der Waals surface area contributed by atoms with Crippen LogP contribution in [0.1, 0.15) is 19.1 Å². The monoisotopic (exact) mass is 312 g/mol. The molecule has 8 heteroatoms. The summed E-state index contributed by atoms with van der Waals surface area (Å²) in [6.45, 7) is 2.94. The van der Waals surface area contributed by atoms with Crippen molar-refractivity contribution in [3.05, 3.63) is 36.5 Å². The van der Waals surface area contributed by atoms with Crippen LogP contribution in [0.3, 0.4) is 0 Å². The predicted octanol–water partition coefficient (Wildman–Crippen LogP) is 0.734. The number of nitrogens with zero attached hydrogens (tertiary/aromatic N) is 2. The van der Waals surface area contributed by atoms with Gasteiger partial charge in [0.25, 0.3) is 0 Å². The standard InChI is InChI=1S/C13H20N4O3S/c1-11(8-12-4-2-7-20-12)16-21(18,19)13-9-15-17(10-13)6-3-5-14/h2,4,7,9-11,16H,3,5-6,8,14H2,1H3. The molecule has 3 N–H and O–H groups in total. The van der Waals surface area contributed by atoms with Crippen LogP contribution in [0, 0.1) is 0 Å². The summed E-state index contributed by atoms with van der Waals surface area (Å²) >= 11 is 0. The maximum Gasteiger partial charge on any atom is 0.243 e. The fourth-order valence-corrected chi connectivity index (χ4v) is 3.16. The molecule has 0 aliphatic rings. The van der Waals surface area contributed by atoms with Crippen LogP contribution in [0.15, 0.2) is 40.1 Å². The molecule has 21 heavy (non-hydrogen) atoms. The molecule has 2 aromatic heterocycles. The van der Waals surface area contributed by atoms with Gasteiger partial charge in [-0.15, -0.1) is 0 Å². The van der Waals surface area contributed by atoms with E-state index in [1.165, 1.54) is 12.4 Å². The van der Waals surface area contributed by atoms with Crippen molar-refractivity contribution in [1.29, 1.82) is 0 Å². The second kappa shape index (κ2) is 6.88. The SMILES string of the molecule is CC(Cc1ccco1)NS(=O)(=O)c1cnn(CCCN)c1. The van der Waals surface area contributed by atoms with Crippen LogP contribution in [-0.2, 0) is 23.0 Å². The van der Waals surface area contributed by atoms with Crippen molar-refractivity contribution in [3.63, 3.8) is 0 Å². The quantitative estimate of drug-likeness (QED) is 0.748. The molecule has 0 spiro atoms. The summed E-state index contributed by atoms with van der Waals surface area (Å²) in [5.41, 5.74) is 5.42. The maximum atomic E-state index is 12.2. The van der Waals surface area contributed by atoms with Crippen LogP contribution in [-0.4, -0.2) is 30.8 Å². The van der Waals surface area contributed by atoms with Crippen molar-refractivity contribution < 1.29 is 12.8 Å². The molecule has 0 saturated carbocycles. The first-order chi connectivity index (χ1) is 10.0. The maximum absolute atomic E-state index is 12.2. The van der Waals surface area contributed by atoms with Gasteiger partial charge in [0.05, 0.1) is 12.5 Å². The largest absolute Gasteiger partial charge is 0.469 e. The van der Waals surface area contributed by atoms with Crippen LogP contribution >= 0.6 is 0 Å². The molecule has 0 aliphatic heterocycles. The van der Waals surface area contributed by atoms with Gasteiger partial charge >= 0.3 is 0 Å². The van der Waals surface area contributed by atoms with E-state index >= 15 is 0 Å². The van der Waals surface area contributed by atoms with Gasteiger partial charge in [-0.05, 0) is 32.0 Å². The Morgan fingerprint density at radius 2 is 2.33 bits per heavy atom. The third-order valence-electron chi connectivity index (χ3n) is 2.95. The number of sulfonamides is 1. The molecule has 1 unspecified atom stereocenters. The van der Waals surface area contributed by atoms with Gasteiger partial charge in [0.1, 0.15) is 10.7 Å². The minimum Gasteiger partial charge on any atom is -0.469 e. The number of aryl methyl sites for hydroxylation is 1. The van der Waals surface area contributed by atoms with E-state index in [0.29, 0.717) is 19.5 Å². The highest BCUT2D eigenvalue weighted by Gasteiger charge is 2.20. The summed E-state index contributed by atoms with van der Waals surface area (Å²) in [7, 11) is -3.57. The fraction of sp³-hybridized carbons (Fsp3) is 0.462. The van der Waals surface area contributed by atoms with Crippen molar-refractivity contribution in [1.82, 2.24) is 14.5 Å². The van der Waals surface area contributed by atoms with E-state index < -0.39 is 10.0 Å². The van der Waals surface area contributed by atoms with E-state index in [0.717, 1.165) is 12.2 Å². The molecular weight excluding hydrogens is 292 g/mol. The Hall–Kier alpha value is -1.64. The lowest BCUT2D eigenvalue weighted by atomic mass is 10.2. The van der Waals surface area contributed by atoms with Gasteiger partial charge in [-0.25, -0.2) is 13.1 Å². The Kier molecular flexibility index (Phi) is 5.16. The summed E-state index contributed by atoms with van der Waals surface area (Å²) in [5.74, 6) is 0.740. The lowest BCUT2D eigenvalue weighted by molar-refractivity contribution is 0.479. The van der Waals surface area contributed by atoms with Crippen LogP contribution in [0.2, 0.25) is 0 Å². The molecule has 0 bridgehead atoms. The average molecular weight is 312 g/mol. The van der Waals surface area contributed by atoms with Crippen LogP contribution in [0.5, 0.6) is 0 Å². The molecular formula is C13H20N4O3S. The number of rotatable bonds is 8. The molecule has 0 amide bonds. The Labute approximate surface area is 124 Å². The summed E-state index contributed by atoms with van der Waals surface area (Å²) in [5, 5.41) is 4.03. The molecule has 0 aromatic carbocycles. The molecule has 0 fully saturated rings. The zero-order valence-corrected chi connectivity index (χ0v) is 12.7. The molecule has 2 rings (SSSR count). The summed E-state index contributed by atoms with van der Waals surface area (Å²) in [6, 6.07) is 3.32. The smallest absolute Gasteiger partial charge is 0.243 e. The molecule has 0 radical (unpaired) electrons. The lowest BCUT2D eigenvalue weighted by Gasteiger charge is -2.11. The van der Waals surface area contributed by atoms with Crippen molar-refractivity contribution in [3.8, 4) is 0 Å². The number of aromatic nitrogens is 2. The highest BCUT2D eigenvalue weighted by Crippen LogP contribution is 2.10. The molecule has 0 aliphatic carbocycles. The molecule has 0 saturated heterocycles. The second-order valence-corrected chi connectivity index (χ2v) is 6.60. The molecule has 2 heterocycles. The fourth-order valence-electron chi connectivity index (χ4n) is 1.96. The zero-order chi connectivity index (χ0) is 15.3.